The minimum Gasteiger partial charge on any atom is -0.506 e. The Balaban J connectivity index is 2.37. The van der Waals surface area contributed by atoms with Crippen LogP contribution in [0.1, 0.15) is 31.1 Å². The molecule has 0 saturated carbocycles. The molecule has 1 N–H and O–H groups in total. The lowest BCUT2D eigenvalue weighted by Crippen LogP contribution is -2.23. The molecule has 0 aliphatic rings. The highest BCUT2D eigenvalue weighted by molar-refractivity contribution is 5.94. The fourth-order valence-electron chi connectivity index (χ4n) is 1.58. The SMILES string of the molecule is CC(C)(C)OC(=O)c1ccc2ncc(O)cc2c1. The van der Waals surface area contributed by atoms with Crippen LogP contribution in [0.4, 0.5) is 0 Å². The summed E-state index contributed by atoms with van der Waals surface area (Å²) in [5.41, 5.74) is 0.647. The van der Waals surface area contributed by atoms with E-state index in [-0.39, 0.29) is 11.7 Å². The van der Waals surface area contributed by atoms with E-state index < -0.39 is 5.60 Å². The molecule has 0 radical (unpaired) electrons. The fraction of sp³-hybridized carbons (Fsp3) is 0.286. The van der Waals surface area contributed by atoms with Crippen molar-refractivity contribution in [3.8, 4) is 5.75 Å². The van der Waals surface area contributed by atoms with Gasteiger partial charge in [-0.2, -0.15) is 0 Å². The summed E-state index contributed by atoms with van der Waals surface area (Å²) in [5, 5.41) is 10.1. The van der Waals surface area contributed by atoms with Crippen molar-refractivity contribution >= 4 is 16.9 Å². The molecular weight excluding hydrogens is 230 g/mol. The topological polar surface area (TPSA) is 59.4 Å². The first-order valence-electron chi connectivity index (χ1n) is 5.67. The van der Waals surface area contributed by atoms with E-state index in [2.05, 4.69) is 4.98 Å². The zero-order valence-corrected chi connectivity index (χ0v) is 10.6. The molecule has 2 aromatic rings. The molecule has 0 aliphatic heterocycles. The second-order valence-corrected chi connectivity index (χ2v) is 5.10. The Morgan fingerprint density at radius 1 is 1.28 bits per heavy atom. The lowest BCUT2D eigenvalue weighted by Gasteiger charge is -2.19. The molecule has 1 heterocycles. The number of carbonyl (C=O) groups is 1. The number of hydrogen-bond acceptors (Lipinski definition) is 4. The first-order chi connectivity index (χ1) is 8.35. The minimum atomic E-state index is -0.525. The van der Waals surface area contributed by atoms with Crippen LogP contribution in [0.15, 0.2) is 30.5 Å². The van der Waals surface area contributed by atoms with Gasteiger partial charge >= 0.3 is 5.97 Å². The van der Waals surface area contributed by atoms with Gasteiger partial charge in [-0.25, -0.2) is 4.79 Å². The van der Waals surface area contributed by atoms with Gasteiger partial charge in [0, 0.05) is 5.39 Å². The summed E-state index contributed by atoms with van der Waals surface area (Å²) < 4.78 is 5.28. The van der Waals surface area contributed by atoms with E-state index in [0.717, 1.165) is 5.52 Å². The lowest BCUT2D eigenvalue weighted by atomic mass is 10.1. The number of esters is 1. The van der Waals surface area contributed by atoms with Crippen LogP contribution in [-0.4, -0.2) is 21.7 Å². The summed E-state index contributed by atoms with van der Waals surface area (Å²) in [5.74, 6) is -0.309. The molecule has 0 atom stereocenters. The number of nitrogens with zero attached hydrogens (tertiary/aromatic N) is 1. The molecule has 0 bridgehead atoms. The lowest BCUT2D eigenvalue weighted by molar-refractivity contribution is 0.00697. The molecule has 0 aliphatic carbocycles. The van der Waals surface area contributed by atoms with Crippen LogP contribution in [0.5, 0.6) is 5.75 Å². The van der Waals surface area contributed by atoms with E-state index in [1.165, 1.54) is 6.20 Å². The van der Waals surface area contributed by atoms with Crippen LogP contribution in [0, 0.1) is 0 Å². The van der Waals surface area contributed by atoms with Crippen molar-refractivity contribution in [2.45, 2.75) is 26.4 Å². The Hall–Kier alpha value is -2.10. The van der Waals surface area contributed by atoms with Gasteiger partial charge in [0.05, 0.1) is 17.3 Å². The van der Waals surface area contributed by atoms with Crippen molar-refractivity contribution < 1.29 is 14.6 Å². The number of fused-ring (bicyclic) bond motifs is 1. The molecule has 1 aromatic carbocycles. The van der Waals surface area contributed by atoms with Gasteiger partial charge in [-0.05, 0) is 45.0 Å². The first-order valence-corrected chi connectivity index (χ1v) is 5.67. The van der Waals surface area contributed by atoms with E-state index in [0.29, 0.717) is 10.9 Å². The van der Waals surface area contributed by atoms with E-state index in [1.54, 1.807) is 24.3 Å². The Kier molecular flexibility index (Phi) is 2.95. The summed E-state index contributed by atoms with van der Waals surface area (Å²) in [6, 6.07) is 6.63. The average Bonchev–Trinajstić information content (AvgIpc) is 2.25. The maximum absolute atomic E-state index is 11.9. The number of aromatic hydroxyl groups is 1. The van der Waals surface area contributed by atoms with Crippen molar-refractivity contribution in [3.05, 3.63) is 36.0 Å². The number of aromatic nitrogens is 1. The van der Waals surface area contributed by atoms with Crippen LogP contribution >= 0.6 is 0 Å². The van der Waals surface area contributed by atoms with Gasteiger partial charge in [0.15, 0.2) is 0 Å². The average molecular weight is 245 g/mol. The molecular formula is C14H15NO3. The fourth-order valence-corrected chi connectivity index (χ4v) is 1.58. The van der Waals surface area contributed by atoms with Gasteiger partial charge in [0.1, 0.15) is 11.4 Å². The zero-order valence-electron chi connectivity index (χ0n) is 10.6. The number of pyridine rings is 1. The molecule has 94 valence electrons. The van der Waals surface area contributed by atoms with Crippen LogP contribution in [0.25, 0.3) is 10.9 Å². The maximum atomic E-state index is 11.9. The maximum Gasteiger partial charge on any atom is 0.338 e. The van der Waals surface area contributed by atoms with Crippen molar-refractivity contribution in [1.82, 2.24) is 4.98 Å². The standard InChI is InChI=1S/C14H15NO3/c1-14(2,3)18-13(17)9-4-5-12-10(6-9)7-11(16)8-15-12/h4-8,16H,1-3H3. The van der Waals surface area contributed by atoms with Crippen molar-refractivity contribution in [1.29, 1.82) is 0 Å². The number of benzene rings is 1. The quantitative estimate of drug-likeness (QED) is 0.785. The number of rotatable bonds is 1. The second-order valence-electron chi connectivity index (χ2n) is 5.10. The smallest absolute Gasteiger partial charge is 0.338 e. The summed E-state index contributed by atoms with van der Waals surface area (Å²) in [7, 11) is 0. The van der Waals surface area contributed by atoms with Gasteiger partial charge < -0.3 is 9.84 Å². The molecule has 0 spiro atoms. The van der Waals surface area contributed by atoms with Gasteiger partial charge in [-0.1, -0.05) is 0 Å². The summed E-state index contributed by atoms with van der Waals surface area (Å²) in [4.78, 5) is 15.9. The molecule has 0 fully saturated rings. The number of carbonyl (C=O) groups excluding carboxylic acids is 1. The third-order valence-electron chi connectivity index (χ3n) is 2.30. The molecule has 18 heavy (non-hydrogen) atoms. The predicted octanol–water partition coefficient (Wildman–Crippen LogP) is 2.90. The Labute approximate surface area is 105 Å². The van der Waals surface area contributed by atoms with Crippen LogP contribution in [0.3, 0.4) is 0 Å². The summed E-state index contributed by atoms with van der Waals surface area (Å²) in [6.07, 6.45) is 1.37. The summed E-state index contributed by atoms with van der Waals surface area (Å²) in [6.45, 7) is 5.46. The molecule has 2 rings (SSSR count). The van der Waals surface area contributed by atoms with Crippen LogP contribution < -0.4 is 0 Å². The minimum absolute atomic E-state index is 0.0730. The van der Waals surface area contributed by atoms with Crippen molar-refractivity contribution in [2.75, 3.05) is 0 Å². The van der Waals surface area contributed by atoms with Gasteiger partial charge in [0.25, 0.3) is 0 Å². The van der Waals surface area contributed by atoms with E-state index in [1.807, 2.05) is 20.8 Å². The number of ether oxygens (including phenoxy) is 1. The molecule has 0 saturated heterocycles. The highest BCUT2D eigenvalue weighted by Crippen LogP contribution is 2.20. The zero-order chi connectivity index (χ0) is 13.3. The van der Waals surface area contributed by atoms with E-state index >= 15 is 0 Å². The normalized spacial score (nSPS) is 11.5. The Morgan fingerprint density at radius 3 is 2.67 bits per heavy atom. The molecule has 4 heteroatoms. The molecule has 0 amide bonds. The van der Waals surface area contributed by atoms with Crippen molar-refractivity contribution in [2.24, 2.45) is 0 Å². The first kappa shape index (κ1) is 12.4. The van der Waals surface area contributed by atoms with E-state index in [4.69, 9.17) is 4.74 Å². The predicted molar refractivity (Wildman–Crippen MR) is 68.6 cm³/mol. The third kappa shape index (κ3) is 2.77. The summed E-state index contributed by atoms with van der Waals surface area (Å²) >= 11 is 0. The van der Waals surface area contributed by atoms with Gasteiger partial charge in [0.2, 0.25) is 0 Å². The highest BCUT2D eigenvalue weighted by atomic mass is 16.6. The van der Waals surface area contributed by atoms with Crippen molar-refractivity contribution in [3.63, 3.8) is 0 Å². The Morgan fingerprint density at radius 2 is 2.00 bits per heavy atom. The molecule has 4 nitrogen and oxygen atoms in total. The van der Waals surface area contributed by atoms with E-state index in [9.17, 15) is 9.90 Å². The monoisotopic (exact) mass is 245 g/mol. The highest BCUT2D eigenvalue weighted by Gasteiger charge is 2.18. The number of hydrogen-bond donors (Lipinski definition) is 1. The second kappa shape index (κ2) is 4.29. The van der Waals surface area contributed by atoms with Gasteiger partial charge in [-0.3, -0.25) is 4.98 Å². The third-order valence-corrected chi connectivity index (χ3v) is 2.30. The van der Waals surface area contributed by atoms with Gasteiger partial charge in [-0.15, -0.1) is 0 Å². The molecule has 0 unspecified atom stereocenters. The molecule has 1 aromatic heterocycles. The largest absolute Gasteiger partial charge is 0.506 e. The van der Waals surface area contributed by atoms with Crippen LogP contribution in [0.2, 0.25) is 0 Å². The van der Waals surface area contributed by atoms with Crippen LogP contribution in [-0.2, 0) is 4.74 Å². The Bertz CT molecular complexity index is 600.